The van der Waals surface area contributed by atoms with Crippen LogP contribution < -0.4 is 4.74 Å². The Bertz CT molecular complexity index is 546. The molecule has 0 radical (unpaired) electrons. The van der Waals surface area contributed by atoms with Crippen LogP contribution in [0.5, 0.6) is 5.75 Å². The van der Waals surface area contributed by atoms with Gasteiger partial charge in [0.2, 0.25) is 0 Å². The van der Waals surface area contributed by atoms with Crippen LogP contribution >= 0.6 is 0 Å². The number of fused-ring (bicyclic) bond motifs is 1. The van der Waals surface area contributed by atoms with E-state index in [0.717, 1.165) is 17.5 Å². The zero-order valence-electron chi connectivity index (χ0n) is 11.5. The molecule has 3 nitrogen and oxygen atoms in total. The first-order chi connectivity index (χ1) is 9.10. The summed E-state index contributed by atoms with van der Waals surface area (Å²) in [6.45, 7) is 4.38. The molecule has 0 heterocycles. The maximum absolute atomic E-state index is 11.2. The average Bonchev–Trinajstić information content (AvgIpc) is 2.61. The Morgan fingerprint density at radius 1 is 1.21 bits per heavy atom. The van der Waals surface area contributed by atoms with Crippen LogP contribution in [-0.4, -0.2) is 13.3 Å². The quantitative estimate of drug-likeness (QED) is 0.776. The summed E-state index contributed by atoms with van der Waals surface area (Å²) in [5.74, 6) is 1.08. The van der Waals surface area contributed by atoms with Crippen LogP contribution in [0.4, 0.5) is 4.79 Å². The minimum absolute atomic E-state index is 0.498. The lowest BCUT2D eigenvalue weighted by Gasteiger charge is -2.06. The highest BCUT2D eigenvalue weighted by molar-refractivity contribution is 5.73. The molecule has 3 heteroatoms. The molecule has 0 aliphatic heterocycles. The molecule has 2 rings (SSSR count). The molecule has 0 aromatic rings. The van der Waals surface area contributed by atoms with Crippen molar-refractivity contribution < 1.29 is 14.3 Å². The number of methoxy groups -OCH3 is 1. The Morgan fingerprint density at radius 2 is 2.00 bits per heavy atom. The van der Waals surface area contributed by atoms with E-state index in [4.69, 9.17) is 4.74 Å². The van der Waals surface area contributed by atoms with Gasteiger partial charge in [0, 0.05) is 0 Å². The van der Waals surface area contributed by atoms with Gasteiger partial charge in [-0.25, -0.2) is 4.79 Å². The van der Waals surface area contributed by atoms with Crippen molar-refractivity contribution in [3.63, 3.8) is 0 Å². The molecule has 2 aliphatic rings. The summed E-state index contributed by atoms with van der Waals surface area (Å²) in [5.41, 5.74) is 3.55. The molecule has 0 saturated heterocycles. The van der Waals surface area contributed by atoms with E-state index in [2.05, 4.69) is 30.7 Å². The van der Waals surface area contributed by atoms with Crippen molar-refractivity contribution in [3.8, 4) is 16.9 Å². The minimum Gasteiger partial charge on any atom is -0.437 e. The smallest absolute Gasteiger partial charge is 0.437 e. The summed E-state index contributed by atoms with van der Waals surface area (Å²) in [6.07, 6.45) is 0.307. The molecule has 0 fully saturated rings. The molecule has 0 aromatic heterocycles. The second-order valence-electron chi connectivity index (χ2n) is 4.95. The van der Waals surface area contributed by atoms with E-state index >= 15 is 0 Å². The van der Waals surface area contributed by atoms with Gasteiger partial charge in [-0.15, -0.1) is 0 Å². The summed E-state index contributed by atoms with van der Waals surface area (Å²) in [5, 5.41) is 0. The molecule has 2 aliphatic carbocycles. The number of hydrogen-bond acceptors (Lipinski definition) is 3. The number of carbonyl (C=O) groups is 1. The first-order valence-electron chi connectivity index (χ1n) is 6.37. The van der Waals surface area contributed by atoms with Gasteiger partial charge in [-0.1, -0.05) is 38.1 Å². The molecule has 0 amide bonds. The number of hydrogen-bond donors (Lipinski definition) is 0. The summed E-state index contributed by atoms with van der Waals surface area (Å²) >= 11 is 0. The molecular weight excluding hydrogens is 240 g/mol. The van der Waals surface area contributed by atoms with Crippen LogP contribution in [0.25, 0.3) is 11.1 Å². The van der Waals surface area contributed by atoms with Gasteiger partial charge in [-0.3, -0.25) is 0 Å². The van der Waals surface area contributed by atoms with E-state index in [1.807, 2.05) is 18.2 Å². The van der Waals surface area contributed by atoms with E-state index in [1.54, 1.807) is 6.07 Å². The lowest BCUT2D eigenvalue weighted by Crippen LogP contribution is -2.06. The third-order valence-corrected chi connectivity index (χ3v) is 2.94. The van der Waals surface area contributed by atoms with Crippen molar-refractivity contribution in [2.24, 2.45) is 5.92 Å². The second kappa shape index (κ2) is 5.74. The molecule has 0 spiro atoms. The van der Waals surface area contributed by atoms with E-state index in [0.29, 0.717) is 11.7 Å². The monoisotopic (exact) mass is 258 g/mol. The highest BCUT2D eigenvalue weighted by Gasteiger charge is 2.12. The zero-order valence-corrected chi connectivity index (χ0v) is 11.5. The van der Waals surface area contributed by atoms with E-state index < -0.39 is 6.16 Å². The fourth-order valence-corrected chi connectivity index (χ4v) is 2.13. The van der Waals surface area contributed by atoms with Gasteiger partial charge in [0.25, 0.3) is 0 Å². The van der Waals surface area contributed by atoms with Crippen LogP contribution in [0.1, 0.15) is 19.4 Å². The Labute approximate surface area is 113 Å². The van der Waals surface area contributed by atoms with Crippen LogP contribution in [0.15, 0.2) is 36.4 Å². The zero-order chi connectivity index (χ0) is 13.8. The van der Waals surface area contributed by atoms with E-state index in [-0.39, 0.29) is 0 Å². The van der Waals surface area contributed by atoms with E-state index in [1.165, 1.54) is 12.7 Å². The van der Waals surface area contributed by atoms with Crippen molar-refractivity contribution in [1.82, 2.24) is 0 Å². The standard InChI is InChI=1S/C16H18O3/c1-11(2)9-13-8-7-12-5-4-6-14(10-15(12)13)19-16(17)18-3/h4-8,10-11H,9H2,1-3H3. The van der Waals surface area contributed by atoms with Crippen molar-refractivity contribution in [3.05, 3.63) is 42.0 Å². The molecule has 100 valence electrons. The SMILES string of the molecule is COC(=O)Oc1cccc2ccc(CC(C)C)c-2c1. The predicted molar refractivity (Wildman–Crippen MR) is 74.6 cm³/mol. The van der Waals surface area contributed by atoms with Gasteiger partial charge in [0.15, 0.2) is 0 Å². The topological polar surface area (TPSA) is 35.5 Å². The fourth-order valence-electron chi connectivity index (χ4n) is 2.13. The third-order valence-electron chi connectivity index (χ3n) is 2.94. The van der Waals surface area contributed by atoms with Crippen LogP contribution in [-0.2, 0) is 11.2 Å². The molecular formula is C16H18O3. The summed E-state index contributed by atoms with van der Waals surface area (Å²) in [4.78, 5) is 11.2. The Balaban J connectivity index is 2.37. The van der Waals surface area contributed by atoms with Gasteiger partial charge in [0.1, 0.15) is 5.75 Å². The van der Waals surface area contributed by atoms with Crippen molar-refractivity contribution >= 4 is 6.16 Å². The largest absolute Gasteiger partial charge is 0.513 e. The molecule has 0 atom stereocenters. The Hall–Kier alpha value is -2.03. The van der Waals surface area contributed by atoms with Gasteiger partial charge in [-0.05, 0) is 41.2 Å². The normalized spacial score (nSPS) is 10.7. The maximum atomic E-state index is 11.2. The van der Waals surface area contributed by atoms with Crippen LogP contribution in [0, 0.1) is 5.92 Å². The molecule has 0 aromatic carbocycles. The van der Waals surface area contributed by atoms with Gasteiger partial charge < -0.3 is 9.47 Å². The Morgan fingerprint density at radius 3 is 2.68 bits per heavy atom. The number of ether oxygens (including phenoxy) is 2. The van der Waals surface area contributed by atoms with Gasteiger partial charge in [0.05, 0.1) is 7.11 Å². The van der Waals surface area contributed by atoms with Crippen LogP contribution in [0.3, 0.4) is 0 Å². The predicted octanol–water partition coefficient (Wildman–Crippen LogP) is 4.14. The summed E-state index contributed by atoms with van der Waals surface area (Å²) < 4.78 is 9.61. The van der Waals surface area contributed by atoms with Crippen molar-refractivity contribution in [1.29, 1.82) is 0 Å². The lowest BCUT2D eigenvalue weighted by atomic mass is 10.0. The lowest BCUT2D eigenvalue weighted by molar-refractivity contribution is 0.121. The molecule has 19 heavy (non-hydrogen) atoms. The van der Waals surface area contributed by atoms with Crippen LogP contribution in [0.2, 0.25) is 0 Å². The van der Waals surface area contributed by atoms with Gasteiger partial charge in [-0.2, -0.15) is 0 Å². The van der Waals surface area contributed by atoms with Crippen molar-refractivity contribution in [2.45, 2.75) is 20.3 Å². The fraction of sp³-hybridized carbons (Fsp3) is 0.312. The first kappa shape index (κ1) is 13.4. The first-order valence-corrected chi connectivity index (χ1v) is 6.37. The molecule has 0 bridgehead atoms. The minimum atomic E-state index is -0.698. The van der Waals surface area contributed by atoms with Crippen molar-refractivity contribution in [2.75, 3.05) is 7.11 Å². The highest BCUT2D eigenvalue weighted by atomic mass is 16.7. The molecule has 0 N–H and O–H groups in total. The number of carbonyl (C=O) groups excluding carboxylic acids is 1. The highest BCUT2D eigenvalue weighted by Crippen LogP contribution is 2.31. The van der Waals surface area contributed by atoms with E-state index in [9.17, 15) is 4.79 Å². The summed E-state index contributed by atoms with van der Waals surface area (Å²) in [6, 6.07) is 11.8. The molecule has 0 saturated carbocycles. The maximum Gasteiger partial charge on any atom is 0.513 e. The summed E-state index contributed by atoms with van der Waals surface area (Å²) in [7, 11) is 1.30. The van der Waals surface area contributed by atoms with Gasteiger partial charge >= 0.3 is 6.16 Å². The molecule has 0 unspecified atom stereocenters. The third kappa shape index (κ3) is 3.25. The number of rotatable bonds is 3. The Kier molecular flexibility index (Phi) is 4.05. The average molecular weight is 258 g/mol. The second-order valence-corrected chi connectivity index (χ2v) is 4.95.